The van der Waals surface area contributed by atoms with Crippen LogP contribution < -0.4 is 10.1 Å². The Kier molecular flexibility index (Phi) is 3.78. The zero-order chi connectivity index (χ0) is 14.8. The molecule has 1 atom stereocenters. The molecule has 1 aromatic carbocycles. The first-order valence-electron chi connectivity index (χ1n) is 7.48. The van der Waals surface area contributed by atoms with Gasteiger partial charge in [0.15, 0.2) is 5.78 Å². The number of ketones is 1. The predicted molar refractivity (Wildman–Crippen MR) is 79.0 cm³/mol. The molecule has 0 radical (unpaired) electrons. The molecule has 4 nitrogen and oxygen atoms in total. The van der Waals surface area contributed by atoms with Gasteiger partial charge in [0.25, 0.3) is 0 Å². The highest BCUT2D eigenvalue weighted by molar-refractivity contribution is 6.01. The van der Waals surface area contributed by atoms with Crippen molar-refractivity contribution in [2.75, 3.05) is 6.61 Å². The number of rotatable bonds is 3. The zero-order valence-corrected chi connectivity index (χ0v) is 12.1. The predicted octanol–water partition coefficient (Wildman–Crippen LogP) is 2.70. The lowest BCUT2D eigenvalue weighted by Crippen LogP contribution is -2.36. The van der Waals surface area contributed by atoms with E-state index < -0.39 is 0 Å². The number of carbonyl (C=O) groups is 2. The maximum Gasteiger partial charge on any atom is 0.225 e. The second-order valence-corrected chi connectivity index (χ2v) is 5.48. The first kappa shape index (κ1) is 13.9. The fourth-order valence-electron chi connectivity index (χ4n) is 3.15. The minimum Gasteiger partial charge on any atom is -0.494 e. The highest BCUT2D eigenvalue weighted by atomic mass is 16.5. The summed E-state index contributed by atoms with van der Waals surface area (Å²) in [6.45, 7) is 2.57. The largest absolute Gasteiger partial charge is 0.494 e. The third-order valence-electron chi connectivity index (χ3n) is 4.08. The van der Waals surface area contributed by atoms with E-state index in [1.165, 1.54) is 0 Å². The van der Waals surface area contributed by atoms with Gasteiger partial charge in [-0.2, -0.15) is 0 Å². The lowest BCUT2D eigenvalue weighted by atomic mass is 9.78. The maximum absolute atomic E-state index is 12.3. The van der Waals surface area contributed by atoms with E-state index in [4.69, 9.17) is 4.74 Å². The van der Waals surface area contributed by atoms with Crippen molar-refractivity contribution in [2.24, 2.45) is 0 Å². The molecule has 21 heavy (non-hydrogen) atoms. The average molecular weight is 285 g/mol. The number of hydrogen-bond acceptors (Lipinski definition) is 3. The molecule has 0 saturated heterocycles. The number of nitrogens with one attached hydrogen (secondary N) is 1. The van der Waals surface area contributed by atoms with Crippen molar-refractivity contribution < 1.29 is 14.3 Å². The van der Waals surface area contributed by atoms with Crippen LogP contribution in [0.15, 0.2) is 35.5 Å². The Morgan fingerprint density at radius 1 is 1.19 bits per heavy atom. The first-order valence-corrected chi connectivity index (χ1v) is 7.48. The van der Waals surface area contributed by atoms with Gasteiger partial charge in [0.2, 0.25) is 5.91 Å². The summed E-state index contributed by atoms with van der Waals surface area (Å²) in [5, 5.41) is 2.88. The van der Waals surface area contributed by atoms with Gasteiger partial charge in [-0.25, -0.2) is 0 Å². The van der Waals surface area contributed by atoms with Crippen LogP contribution in [0.3, 0.4) is 0 Å². The topological polar surface area (TPSA) is 55.4 Å². The molecule has 1 aliphatic heterocycles. The van der Waals surface area contributed by atoms with Crippen LogP contribution in [0.2, 0.25) is 0 Å². The van der Waals surface area contributed by atoms with Gasteiger partial charge >= 0.3 is 0 Å². The quantitative estimate of drug-likeness (QED) is 0.929. The Hall–Kier alpha value is -2.10. The minimum atomic E-state index is -0.114. The molecule has 3 rings (SSSR count). The van der Waals surface area contributed by atoms with Gasteiger partial charge in [-0.3, -0.25) is 9.59 Å². The number of Topliss-reactive ketones (excluding diaryl/α,β-unsaturated/α-hetero) is 1. The van der Waals surface area contributed by atoms with Crippen LogP contribution in [0.4, 0.5) is 0 Å². The Balaban J connectivity index is 1.95. The number of ether oxygens (including phenoxy) is 1. The zero-order valence-electron chi connectivity index (χ0n) is 12.1. The van der Waals surface area contributed by atoms with Crippen LogP contribution in [-0.2, 0) is 9.59 Å². The summed E-state index contributed by atoms with van der Waals surface area (Å²) in [4.78, 5) is 24.2. The van der Waals surface area contributed by atoms with Crippen molar-refractivity contribution >= 4 is 11.7 Å². The summed E-state index contributed by atoms with van der Waals surface area (Å²) < 4.78 is 5.44. The molecule has 2 aliphatic rings. The molecule has 1 N–H and O–H groups in total. The molecule has 0 saturated carbocycles. The molecule has 0 bridgehead atoms. The third kappa shape index (κ3) is 2.71. The van der Waals surface area contributed by atoms with Gasteiger partial charge in [0.05, 0.1) is 6.61 Å². The van der Waals surface area contributed by atoms with E-state index in [0.29, 0.717) is 19.4 Å². The summed E-state index contributed by atoms with van der Waals surface area (Å²) in [6.07, 6.45) is 2.55. The second-order valence-electron chi connectivity index (χ2n) is 5.48. The molecule has 4 heteroatoms. The van der Waals surface area contributed by atoms with E-state index in [9.17, 15) is 9.59 Å². The van der Waals surface area contributed by atoms with Crippen molar-refractivity contribution in [1.82, 2.24) is 5.32 Å². The highest BCUT2D eigenvalue weighted by Crippen LogP contribution is 2.38. The summed E-state index contributed by atoms with van der Waals surface area (Å²) in [5.41, 5.74) is 2.66. The Morgan fingerprint density at radius 2 is 1.95 bits per heavy atom. The smallest absolute Gasteiger partial charge is 0.225 e. The SMILES string of the molecule is CCOc1ccc([C@H]2CC(=O)NC3=C2C(=O)CCC3)cc1. The summed E-state index contributed by atoms with van der Waals surface area (Å²) >= 11 is 0. The van der Waals surface area contributed by atoms with Crippen LogP contribution in [0.25, 0.3) is 0 Å². The molecule has 1 aliphatic carbocycles. The summed E-state index contributed by atoms with van der Waals surface area (Å²) in [5.74, 6) is 0.875. The molecule has 0 aromatic heterocycles. The maximum atomic E-state index is 12.3. The van der Waals surface area contributed by atoms with Gasteiger partial charge in [-0.05, 0) is 37.5 Å². The van der Waals surface area contributed by atoms with Crippen LogP contribution in [0.1, 0.15) is 44.1 Å². The molecule has 110 valence electrons. The van der Waals surface area contributed by atoms with Gasteiger partial charge in [0, 0.05) is 30.0 Å². The number of allylic oxidation sites excluding steroid dienone is 2. The molecule has 0 unspecified atom stereocenters. The van der Waals surface area contributed by atoms with E-state index in [0.717, 1.165) is 35.4 Å². The van der Waals surface area contributed by atoms with E-state index in [-0.39, 0.29) is 17.6 Å². The fraction of sp³-hybridized carbons (Fsp3) is 0.412. The number of hydrogen-bond donors (Lipinski definition) is 1. The van der Waals surface area contributed by atoms with Gasteiger partial charge < -0.3 is 10.1 Å². The van der Waals surface area contributed by atoms with E-state index >= 15 is 0 Å². The standard InChI is InChI=1S/C17H19NO3/c1-2-21-12-8-6-11(7-9-12)13-10-16(20)18-14-4-3-5-15(19)17(13)14/h6-9,13H,2-5,10H2,1H3,(H,18,20)/t13-/m1/s1. The summed E-state index contributed by atoms with van der Waals surface area (Å²) in [6, 6.07) is 7.72. The Bertz CT molecular complexity index is 601. The molecule has 1 aromatic rings. The van der Waals surface area contributed by atoms with Crippen LogP contribution in [0.5, 0.6) is 5.75 Å². The van der Waals surface area contributed by atoms with Crippen molar-refractivity contribution in [3.8, 4) is 5.75 Å². The van der Waals surface area contributed by atoms with Crippen molar-refractivity contribution in [3.63, 3.8) is 0 Å². The van der Waals surface area contributed by atoms with Gasteiger partial charge in [0.1, 0.15) is 5.75 Å². The fourth-order valence-corrected chi connectivity index (χ4v) is 3.15. The number of amides is 1. The number of benzene rings is 1. The van der Waals surface area contributed by atoms with Crippen molar-refractivity contribution in [1.29, 1.82) is 0 Å². The Labute approximate surface area is 124 Å². The van der Waals surface area contributed by atoms with Gasteiger partial charge in [-0.1, -0.05) is 12.1 Å². The van der Waals surface area contributed by atoms with Crippen LogP contribution in [-0.4, -0.2) is 18.3 Å². The lowest BCUT2D eigenvalue weighted by molar-refractivity contribution is -0.122. The van der Waals surface area contributed by atoms with E-state index in [2.05, 4.69) is 5.32 Å². The van der Waals surface area contributed by atoms with Gasteiger partial charge in [-0.15, -0.1) is 0 Å². The van der Waals surface area contributed by atoms with Crippen LogP contribution in [0, 0.1) is 0 Å². The molecule has 1 amide bonds. The van der Waals surface area contributed by atoms with E-state index in [1.807, 2.05) is 31.2 Å². The molecule has 0 fully saturated rings. The lowest BCUT2D eigenvalue weighted by Gasteiger charge is -2.31. The van der Waals surface area contributed by atoms with Crippen LogP contribution >= 0.6 is 0 Å². The molecular formula is C17H19NO3. The Morgan fingerprint density at radius 3 is 2.67 bits per heavy atom. The van der Waals surface area contributed by atoms with E-state index in [1.54, 1.807) is 0 Å². The molecule has 0 spiro atoms. The minimum absolute atomic E-state index is 0.00216. The monoisotopic (exact) mass is 285 g/mol. The second kappa shape index (κ2) is 5.72. The van der Waals surface area contributed by atoms with Crippen molar-refractivity contribution in [2.45, 2.75) is 38.5 Å². The normalized spacial score (nSPS) is 21.9. The average Bonchev–Trinajstić information content (AvgIpc) is 2.47. The molecular weight excluding hydrogens is 266 g/mol. The third-order valence-corrected chi connectivity index (χ3v) is 4.08. The highest BCUT2D eigenvalue weighted by Gasteiger charge is 2.34. The number of carbonyl (C=O) groups excluding carboxylic acids is 2. The van der Waals surface area contributed by atoms with Crippen molar-refractivity contribution in [3.05, 3.63) is 41.1 Å². The summed E-state index contributed by atoms with van der Waals surface area (Å²) in [7, 11) is 0. The molecule has 1 heterocycles. The first-order chi connectivity index (χ1) is 10.2.